The van der Waals surface area contributed by atoms with Crippen LogP contribution in [0.3, 0.4) is 0 Å². The standard InChI is InChI=1S/C14H20N2O2/c1-4-10(2)16-8-7-12(15-16)9-13(17)14-6-5-11(3)18-14/h5-8,10,13,17H,4,9H2,1-3H3. The zero-order valence-electron chi connectivity index (χ0n) is 11.1. The molecule has 0 saturated carbocycles. The minimum absolute atomic E-state index is 0.391. The van der Waals surface area contributed by atoms with Crippen LogP contribution in [0.4, 0.5) is 0 Å². The summed E-state index contributed by atoms with van der Waals surface area (Å²) >= 11 is 0. The topological polar surface area (TPSA) is 51.2 Å². The van der Waals surface area contributed by atoms with Crippen LogP contribution >= 0.6 is 0 Å². The summed E-state index contributed by atoms with van der Waals surface area (Å²) in [6.07, 6.45) is 2.86. The van der Waals surface area contributed by atoms with E-state index in [1.165, 1.54) is 0 Å². The molecule has 0 saturated heterocycles. The molecule has 98 valence electrons. The molecule has 2 rings (SSSR count). The maximum absolute atomic E-state index is 10.0. The molecule has 0 amide bonds. The molecule has 2 unspecified atom stereocenters. The van der Waals surface area contributed by atoms with Gasteiger partial charge in [0.15, 0.2) is 0 Å². The van der Waals surface area contributed by atoms with Gasteiger partial charge in [-0.05, 0) is 38.5 Å². The molecule has 0 bridgehead atoms. The molecular weight excluding hydrogens is 228 g/mol. The van der Waals surface area contributed by atoms with E-state index in [1.54, 1.807) is 0 Å². The molecule has 2 aromatic rings. The van der Waals surface area contributed by atoms with Crippen molar-refractivity contribution in [1.82, 2.24) is 9.78 Å². The summed E-state index contributed by atoms with van der Waals surface area (Å²) in [4.78, 5) is 0. The number of furan rings is 1. The summed E-state index contributed by atoms with van der Waals surface area (Å²) in [7, 11) is 0. The van der Waals surface area contributed by atoms with E-state index in [-0.39, 0.29) is 0 Å². The van der Waals surface area contributed by atoms with Gasteiger partial charge in [0, 0.05) is 18.7 Å². The van der Waals surface area contributed by atoms with Gasteiger partial charge in [0.05, 0.1) is 5.69 Å². The molecule has 2 aromatic heterocycles. The molecule has 0 fully saturated rings. The average Bonchev–Trinajstić information content (AvgIpc) is 2.97. The Morgan fingerprint density at radius 2 is 2.17 bits per heavy atom. The van der Waals surface area contributed by atoms with E-state index in [2.05, 4.69) is 18.9 Å². The van der Waals surface area contributed by atoms with Crippen molar-refractivity contribution in [2.75, 3.05) is 0 Å². The van der Waals surface area contributed by atoms with E-state index in [0.29, 0.717) is 18.2 Å². The quantitative estimate of drug-likeness (QED) is 0.884. The van der Waals surface area contributed by atoms with E-state index in [1.807, 2.05) is 36.0 Å². The summed E-state index contributed by atoms with van der Waals surface area (Å²) < 4.78 is 7.35. The van der Waals surface area contributed by atoms with Crippen LogP contribution in [0.2, 0.25) is 0 Å². The Morgan fingerprint density at radius 3 is 2.78 bits per heavy atom. The summed E-state index contributed by atoms with van der Waals surface area (Å²) in [5, 5.41) is 14.5. The summed E-state index contributed by atoms with van der Waals surface area (Å²) in [6.45, 7) is 6.13. The first-order valence-corrected chi connectivity index (χ1v) is 6.38. The van der Waals surface area contributed by atoms with Crippen molar-refractivity contribution in [2.24, 2.45) is 0 Å². The summed E-state index contributed by atoms with van der Waals surface area (Å²) in [6, 6.07) is 6.01. The first kappa shape index (κ1) is 12.9. The first-order valence-electron chi connectivity index (χ1n) is 6.38. The second-order valence-corrected chi connectivity index (χ2v) is 4.71. The molecule has 0 radical (unpaired) electrons. The first-order chi connectivity index (χ1) is 8.60. The van der Waals surface area contributed by atoms with Crippen molar-refractivity contribution in [3.8, 4) is 0 Å². The van der Waals surface area contributed by atoms with Gasteiger partial charge < -0.3 is 9.52 Å². The Morgan fingerprint density at radius 1 is 1.39 bits per heavy atom. The lowest BCUT2D eigenvalue weighted by Gasteiger charge is -2.09. The highest BCUT2D eigenvalue weighted by atomic mass is 16.4. The number of aryl methyl sites for hydroxylation is 1. The van der Waals surface area contributed by atoms with E-state index >= 15 is 0 Å². The molecule has 0 aliphatic heterocycles. The van der Waals surface area contributed by atoms with Gasteiger partial charge in [0.2, 0.25) is 0 Å². The highest BCUT2D eigenvalue weighted by Gasteiger charge is 2.14. The van der Waals surface area contributed by atoms with Crippen molar-refractivity contribution in [2.45, 2.75) is 45.8 Å². The van der Waals surface area contributed by atoms with Gasteiger partial charge in [-0.3, -0.25) is 4.68 Å². The molecular formula is C14H20N2O2. The second kappa shape index (κ2) is 5.40. The fourth-order valence-corrected chi connectivity index (χ4v) is 1.85. The summed E-state index contributed by atoms with van der Waals surface area (Å²) in [5.74, 6) is 1.42. The Bertz CT molecular complexity index is 501. The molecule has 2 atom stereocenters. The van der Waals surface area contributed by atoms with E-state index < -0.39 is 6.10 Å². The van der Waals surface area contributed by atoms with Crippen LogP contribution in [0.5, 0.6) is 0 Å². The lowest BCUT2D eigenvalue weighted by atomic mass is 10.1. The SMILES string of the molecule is CCC(C)n1ccc(CC(O)c2ccc(C)o2)n1. The third-order valence-corrected chi connectivity index (χ3v) is 3.20. The fraction of sp³-hybridized carbons (Fsp3) is 0.500. The normalized spacial score (nSPS) is 14.7. The van der Waals surface area contributed by atoms with Gasteiger partial charge in [0.1, 0.15) is 17.6 Å². The van der Waals surface area contributed by atoms with E-state index in [4.69, 9.17) is 4.42 Å². The fourth-order valence-electron chi connectivity index (χ4n) is 1.85. The van der Waals surface area contributed by atoms with Crippen molar-refractivity contribution in [3.63, 3.8) is 0 Å². The van der Waals surface area contributed by atoms with Crippen molar-refractivity contribution >= 4 is 0 Å². The molecule has 18 heavy (non-hydrogen) atoms. The molecule has 2 heterocycles. The highest BCUT2D eigenvalue weighted by Crippen LogP contribution is 2.20. The largest absolute Gasteiger partial charge is 0.464 e. The predicted molar refractivity (Wildman–Crippen MR) is 69.3 cm³/mol. The predicted octanol–water partition coefficient (Wildman–Crippen LogP) is 3.03. The number of aliphatic hydroxyl groups is 1. The zero-order valence-corrected chi connectivity index (χ0v) is 11.1. The monoisotopic (exact) mass is 248 g/mol. The van der Waals surface area contributed by atoms with Crippen LogP contribution in [-0.4, -0.2) is 14.9 Å². The zero-order chi connectivity index (χ0) is 13.1. The van der Waals surface area contributed by atoms with Crippen molar-refractivity contribution < 1.29 is 9.52 Å². The van der Waals surface area contributed by atoms with Crippen LogP contribution in [0.25, 0.3) is 0 Å². The lowest BCUT2D eigenvalue weighted by molar-refractivity contribution is 0.147. The van der Waals surface area contributed by atoms with Crippen LogP contribution in [0, 0.1) is 6.92 Å². The molecule has 0 aliphatic carbocycles. The van der Waals surface area contributed by atoms with Crippen LogP contribution < -0.4 is 0 Å². The minimum atomic E-state index is -0.626. The molecule has 1 N–H and O–H groups in total. The van der Waals surface area contributed by atoms with Crippen LogP contribution in [0.1, 0.15) is 49.6 Å². The van der Waals surface area contributed by atoms with Gasteiger partial charge in [-0.2, -0.15) is 5.10 Å². The number of rotatable bonds is 5. The number of hydrogen-bond acceptors (Lipinski definition) is 3. The van der Waals surface area contributed by atoms with Gasteiger partial charge >= 0.3 is 0 Å². The molecule has 4 heteroatoms. The third-order valence-electron chi connectivity index (χ3n) is 3.20. The maximum Gasteiger partial charge on any atom is 0.133 e. The van der Waals surface area contributed by atoms with Gasteiger partial charge in [-0.1, -0.05) is 6.92 Å². The van der Waals surface area contributed by atoms with Crippen LogP contribution in [0.15, 0.2) is 28.8 Å². The second-order valence-electron chi connectivity index (χ2n) is 4.71. The number of aliphatic hydroxyl groups excluding tert-OH is 1. The number of hydrogen-bond donors (Lipinski definition) is 1. The number of aromatic nitrogens is 2. The molecule has 0 spiro atoms. The summed E-state index contributed by atoms with van der Waals surface area (Å²) in [5.41, 5.74) is 0.886. The Balaban J connectivity index is 2.03. The van der Waals surface area contributed by atoms with E-state index in [0.717, 1.165) is 17.9 Å². The Kier molecular flexibility index (Phi) is 3.87. The lowest BCUT2D eigenvalue weighted by Crippen LogP contribution is -2.06. The molecule has 0 aliphatic rings. The molecule has 4 nitrogen and oxygen atoms in total. The van der Waals surface area contributed by atoms with E-state index in [9.17, 15) is 5.11 Å². The van der Waals surface area contributed by atoms with Crippen molar-refractivity contribution in [1.29, 1.82) is 0 Å². The third kappa shape index (κ3) is 2.82. The Labute approximate surface area is 107 Å². The van der Waals surface area contributed by atoms with Crippen LogP contribution in [-0.2, 0) is 6.42 Å². The number of nitrogens with zero attached hydrogens (tertiary/aromatic N) is 2. The Hall–Kier alpha value is -1.55. The average molecular weight is 248 g/mol. The van der Waals surface area contributed by atoms with Gasteiger partial charge in [0.25, 0.3) is 0 Å². The van der Waals surface area contributed by atoms with Gasteiger partial charge in [-0.25, -0.2) is 0 Å². The van der Waals surface area contributed by atoms with Gasteiger partial charge in [-0.15, -0.1) is 0 Å². The highest BCUT2D eigenvalue weighted by molar-refractivity contribution is 5.11. The molecule has 0 aromatic carbocycles. The minimum Gasteiger partial charge on any atom is -0.464 e. The van der Waals surface area contributed by atoms with Crippen molar-refractivity contribution in [3.05, 3.63) is 41.6 Å². The smallest absolute Gasteiger partial charge is 0.133 e. The maximum atomic E-state index is 10.0.